The molecule has 1 aliphatic heterocycles. The van der Waals surface area contributed by atoms with Crippen LogP contribution in [0.5, 0.6) is 0 Å². The Kier molecular flexibility index (Phi) is 3.10. The molecule has 0 radical (unpaired) electrons. The minimum absolute atomic E-state index is 0.102. The van der Waals surface area contributed by atoms with Gasteiger partial charge in [0.25, 0.3) is 0 Å². The second kappa shape index (κ2) is 5.06. The summed E-state index contributed by atoms with van der Waals surface area (Å²) in [6.45, 7) is 3.55. The van der Waals surface area contributed by atoms with Crippen molar-refractivity contribution in [1.82, 2.24) is 4.98 Å². The summed E-state index contributed by atoms with van der Waals surface area (Å²) in [6.07, 6.45) is 1.72. The van der Waals surface area contributed by atoms with Crippen LogP contribution in [-0.4, -0.2) is 22.0 Å². The summed E-state index contributed by atoms with van der Waals surface area (Å²) in [5.41, 5.74) is 2.41. The number of benzene rings is 2. The van der Waals surface area contributed by atoms with Crippen LogP contribution in [-0.2, 0) is 0 Å². The van der Waals surface area contributed by atoms with Gasteiger partial charge in [-0.05, 0) is 44.2 Å². The van der Waals surface area contributed by atoms with E-state index in [2.05, 4.69) is 9.98 Å². The summed E-state index contributed by atoms with van der Waals surface area (Å²) in [5.74, 6) is -0.488. The number of Topliss-reactive ketones (excluding diaryl/α,β-unsaturated/α-hetero) is 1. The summed E-state index contributed by atoms with van der Waals surface area (Å²) >= 11 is 0. The number of nitrogens with zero attached hydrogens (tertiary/aromatic N) is 2. The molecule has 118 valence electrons. The Morgan fingerprint density at radius 1 is 1.00 bits per heavy atom. The fourth-order valence-electron chi connectivity index (χ4n) is 3.05. The Bertz CT molecular complexity index is 1020. The standard InChI is InChI=1S/C20H15FN2O/c1-20(2)19(24)15-8-7-14(21)10-16(15)18(23-20)13-9-12-5-3-4-6-17(12)22-11-13/h3-11H,1-2H3. The van der Waals surface area contributed by atoms with Gasteiger partial charge in [-0.2, -0.15) is 0 Å². The first kappa shape index (κ1) is 14.7. The Morgan fingerprint density at radius 3 is 2.62 bits per heavy atom. The third-order valence-electron chi connectivity index (χ3n) is 4.29. The van der Waals surface area contributed by atoms with Crippen LogP contribution in [0.2, 0.25) is 0 Å². The number of pyridine rings is 1. The van der Waals surface area contributed by atoms with Gasteiger partial charge >= 0.3 is 0 Å². The number of hydrogen-bond donors (Lipinski definition) is 0. The highest BCUT2D eigenvalue weighted by Crippen LogP contribution is 2.30. The fraction of sp³-hybridized carbons (Fsp3) is 0.150. The molecule has 0 spiro atoms. The normalized spacial score (nSPS) is 16.0. The Hall–Kier alpha value is -2.88. The molecule has 0 aliphatic carbocycles. The predicted octanol–water partition coefficient (Wildman–Crippen LogP) is 4.19. The third-order valence-corrected chi connectivity index (χ3v) is 4.29. The van der Waals surface area contributed by atoms with E-state index in [0.29, 0.717) is 16.8 Å². The molecule has 3 aromatic rings. The highest BCUT2D eigenvalue weighted by atomic mass is 19.1. The average molecular weight is 318 g/mol. The quantitative estimate of drug-likeness (QED) is 0.675. The summed E-state index contributed by atoms with van der Waals surface area (Å²) < 4.78 is 13.8. The highest BCUT2D eigenvalue weighted by Gasteiger charge is 2.36. The number of fused-ring (bicyclic) bond motifs is 2. The predicted molar refractivity (Wildman–Crippen MR) is 92.2 cm³/mol. The molecule has 0 saturated heterocycles. The second-order valence-electron chi connectivity index (χ2n) is 6.46. The van der Waals surface area contributed by atoms with Gasteiger partial charge in [-0.15, -0.1) is 0 Å². The molecule has 0 N–H and O–H groups in total. The van der Waals surface area contributed by atoms with E-state index in [1.165, 1.54) is 18.2 Å². The number of hydrogen-bond acceptors (Lipinski definition) is 3. The topological polar surface area (TPSA) is 42.3 Å². The smallest absolute Gasteiger partial charge is 0.190 e. The molecule has 1 aromatic heterocycles. The number of carbonyl (C=O) groups excluding carboxylic acids is 1. The maximum absolute atomic E-state index is 13.8. The van der Waals surface area contributed by atoms with E-state index in [1.807, 2.05) is 30.3 Å². The van der Waals surface area contributed by atoms with Gasteiger partial charge in [0, 0.05) is 28.3 Å². The van der Waals surface area contributed by atoms with E-state index >= 15 is 0 Å². The maximum atomic E-state index is 13.8. The van der Waals surface area contributed by atoms with Crippen molar-refractivity contribution >= 4 is 22.4 Å². The monoisotopic (exact) mass is 318 g/mol. The van der Waals surface area contributed by atoms with E-state index < -0.39 is 5.54 Å². The molecule has 0 unspecified atom stereocenters. The van der Waals surface area contributed by atoms with Crippen LogP contribution < -0.4 is 0 Å². The number of halogens is 1. The second-order valence-corrected chi connectivity index (χ2v) is 6.46. The first-order valence-corrected chi connectivity index (χ1v) is 7.75. The molecule has 24 heavy (non-hydrogen) atoms. The fourth-order valence-corrected chi connectivity index (χ4v) is 3.05. The number of carbonyl (C=O) groups is 1. The molecule has 2 heterocycles. The van der Waals surface area contributed by atoms with Crippen LogP contribution in [0, 0.1) is 5.82 Å². The maximum Gasteiger partial charge on any atom is 0.190 e. The Balaban J connectivity index is 1.98. The first-order valence-electron chi connectivity index (χ1n) is 7.75. The van der Waals surface area contributed by atoms with Gasteiger partial charge in [-0.1, -0.05) is 18.2 Å². The molecular weight excluding hydrogens is 303 g/mol. The van der Waals surface area contributed by atoms with Gasteiger partial charge < -0.3 is 0 Å². The lowest BCUT2D eigenvalue weighted by Crippen LogP contribution is -2.36. The number of ketones is 1. The molecule has 0 bridgehead atoms. The Labute approximate surface area is 138 Å². The van der Waals surface area contributed by atoms with Gasteiger partial charge in [0.1, 0.15) is 11.4 Å². The van der Waals surface area contributed by atoms with Gasteiger partial charge in [-0.25, -0.2) is 4.39 Å². The van der Waals surface area contributed by atoms with Crippen molar-refractivity contribution in [3.05, 3.63) is 77.2 Å². The summed E-state index contributed by atoms with van der Waals surface area (Å²) in [7, 11) is 0. The molecule has 0 fully saturated rings. The van der Waals surface area contributed by atoms with E-state index in [9.17, 15) is 9.18 Å². The Morgan fingerprint density at radius 2 is 1.79 bits per heavy atom. The minimum Gasteiger partial charge on any atom is -0.291 e. The molecule has 2 aromatic carbocycles. The van der Waals surface area contributed by atoms with Gasteiger partial charge in [0.05, 0.1) is 11.2 Å². The molecule has 0 saturated carbocycles. The van der Waals surface area contributed by atoms with Crippen molar-refractivity contribution < 1.29 is 9.18 Å². The van der Waals surface area contributed by atoms with Crippen molar-refractivity contribution in [3.8, 4) is 0 Å². The van der Waals surface area contributed by atoms with E-state index in [0.717, 1.165) is 16.5 Å². The molecule has 0 amide bonds. The van der Waals surface area contributed by atoms with Crippen molar-refractivity contribution in [2.45, 2.75) is 19.4 Å². The van der Waals surface area contributed by atoms with Crippen molar-refractivity contribution in [3.63, 3.8) is 0 Å². The van der Waals surface area contributed by atoms with Crippen molar-refractivity contribution in [2.24, 2.45) is 4.99 Å². The third kappa shape index (κ3) is 2.22. The number of rotatable bonds is 1. The average Bonchev–Trinajstić information content (AvgIpc) is 2.58. The molecular formula is C20H15FN2O. The SMILES string of the molecule is CC1(C)N=C(c2cnc3ccccc3c2)c2cc(F)ccc2C1=O. The van der Waals surface area contributed by atoms with Crippen LogP contribution >= 0.6 is 0 Å². The summed E-state index contributed by atoms with van der Waals surface area (Å²) in [5, 5.41) is 0.977. The summed E-state index contributed by atoms with van der Waals surface area (Å²) in [4.78, 5) is 21.7. The molecule has 4 heteroatoms. The molecule has 4 rings (SSSR count). The lowest BCUT2D eigenvalue weighted by atomic mass is 9.84. The van der Waals surface area contributed by atoms with Crippen LogP contribution in [0.25, 0.3) is 10.9 Å². The summed E-state index contributed by atoms with van der Waals surface area (Å²) in [6, 6.07) is 14.0. The van der Waals surface area contributed by atoms with Crippen LogP contribution in [0.4, 0.5) is 4.39 Å². The van der Waals surface area contributed by atoms with Crippen molar-refractivity contribution in [1.29, 1.82) is 0 Å². The number of aromatic nitrogens is 1. The van der Waals surface area contributed by atoms with Crippen molar-refractivity contribution in [2.75, 3.05) is 0 Å². The lowest BCUT2D eigenvalue weighted by Gasteiger charge is -2.27. The van der Waals surface area contributed by atoms with Gasteiger partial charge in [-0.3, -0.25) is 14.8 Å². The zero-order chi connectivity index (χ0) is 16.9. The van der Waals surface area contributed by atoms with Gasteiger partial charge in [0.2, 0.25) is 0 Å². The van der Waals surface area contributed by atoms with Crippen LogP contribution in [0.15, 0.2) is 59.7 Å². The molecule has 1 aliphatic rings. The number of aliphatic imine (C=N–C) groups is 1. The minimum atomic E-state index is -0.883. The highest BCUT2D eigenvalue weighted by molar-refractivity contribution is 6.24. The van der Waals surface area contributed by atoms with Crippen LogP contribution in [0.1, 0.15) is 35.3 Å². The zero-order valence-corrected chi connectivity index (χ0v) is 13.4. The van der Waals surface area contributed by atoms with E-state index in [4.69, 9.17) is 0 Å². The largest absolute Gasteiger partial charge is 0.291 e. The first-order chi connectivity index (χ1) is 11.5. The zero-order valence-electron chi connectivity index (χ0n) is 13.4. The molecule has 3 nitrogen and oxygen atoms in total. The molecule has 0 atom stereocenters. The lowest BCUT2D eigenvalue weighted by molar-refractivity contribution is 0.0912. The van der Waals surface area contributed by atoms with Crippen LogP contribution in [0.3, 0.4) is 0 Å². The number of para-hydroxylation sites is 1. The van der Waals surface area contributed by atoms with E-state index in [-0.39, 0.29) is 11.6 Å². The van der Waals surface area contributed by atoms with Gasteiger partial charge in [0.15, 0.2) is 5.78 Å². The van der Waals surface area contributed by atoms with E-state index in [1.54, 1.807) is 20.0 Å².